The smallest absolute Gasteiger partial charge is 0.280 e. The third-order valence-electron chi connectivity index (χ3n) is 5.87. The normalized spacial score (nSPS) is 20.1. The average molecular weight is 377 g/mol. The molecule has 142 valence electrons. The molecule has 0 amide bonds. The van der Waals surface area contributed by atoms with Crippen LogP contribution in [0.4, 0.5) is 4.39 Å². The van der Waals surface area contributed by atoms with Crippen LogP contribution in [0, 0.1) is 11.7 Å². The van der Waals surface area contributed by atoms with Crippen molar-refractivity contribution in [1.29, 1.82) is 0 Å². The molecule has 28 heavy (non-hydrogen) atoms. The van der Waals surface area contributed by atoms with E-state index in [0.29, 0.717) is 22.6 Å². The molecule has 1 saturated carbocycles. The van der Waals surface area contributed by atoms with E-state index in [2.05, 4.69) is 22.2 Å². The molecule has 2 atom stereocenters. The van der Waals surface area contributed by atoms with Crippen LogP contribution in [0.15, 0.2) is 47.5 Å². The molecule has 3 heterocycles. The molecule has 0 aliphatic heterocycles. The number of hydrogen-bond acceptors (Lipinski definition) is 4. The number of rotatable bonds is 2. The zero-order valence-corrected chi connectivity index (χ0v) is 15.5. The maximum absolute atomic E-state index is 13.2. The Morgan fingerprint density at radius 2 is 1.86 bits per heavy atom. The molecular formula is C21H20FN5O. The first-order chi connectivity index (χ1) is 13.6. The van der Waals surface area contributed by atoms with E-state index in [-0.39, 0.29) is 17.4 Å². The van der Waals surface area contributed by atoms with Gasteiger partial charge in [-0.15, -0.1) is 10.2 Å². The first-order valence-electron chi connectivity index (χ1n) is 9.64. The van der Waals surface area contributed by atoms with Gasteiger partial charge in [-0.2, -0.15) is 5.10 Å². The lowest BCUT2D eigenvalue weighted by molar-refractivity contribution is 0.253. The van der Waals surface area contributed by atoms with Crippen molar-refractivity contribution in [3.8, 4) is 11.1 Å². The summed E-state index contributed by atoms with van der Waals surface area (Å²) in [6.07, 6.45) is 8.05. The molecule has 0 spiro atoms. The minimum atomic E-state index is -0.297. The Labute approximate surface area is 160 Å². The molecule has 0 bridgehead atoms. The summed E-state index contributed by atoms with van der Waals surface area (Å²) in [7, 11) is 0. The zero-order chi connectivity index (χ0) is 19.3. The molecule has 2 unspecified atom stereocenters. The lowest BCUT2D eigenvalue weighted by Crippen LogP contribution is -2.31. The lowest BCUT2D eigenvalue weighted by atomic mass is 9.85. The second-order valence-electron chi connectivity index (χ2n) is 7.59. The predicted octanol–water partition coefficient (Wildman–Crippen LogP) is 4.00. The van der Waals surface area contributed by atoms with Gasteiger partial charge >= 0.3 is 0 Å². The Morgan fingerprint density at radius 3 is 2.64 bits per heavy atom. The highest BCUT2D eigenvalue weighted by Gasteiger charge is 2.25. The maximum Gasteiger partial charge on any atom is 0.280 e. The number of benzene rings is 1. The first kappa shape index (κ1) is 17.0. The summed E-state index contributed by atoms with van der Waals surface area (Å²) in [5, 5.41) is 12.9. The summed E-state index contributed by atoms with van der Waals surface area (Å²) in [4.78, 5) is 13.1. The SMILES string of the molecule is CC1CCCCC1n1ccc2c(nnc3c(-c4ccc(F)cc4)cnn32)c1=O. The topological polar surface area (TPSA) is 65.1 Å². The number of aromatic nitrogens is 5. The van der Waals surface area contributed by atoms with E-state index in [0.717, 1.165) is 30.4 Å². The van der Waals surface area contributed by atoms with Crippen molar-refractivity contribution in [3.05, 3.63) is 58.9 Å². The second kappa shape index (κ2) is 6.51. The quantitative estimate of drug-likeness (QED) is 0.530. The molecular weight excluding hydrogens is 357 g/mol. The van der Waals surface area contributed by atoms with Crippen LogP contribution in [0.5, 0.6) is 0 Å². The van der Waals surface area contributed by atoms with E-state index in [9.17, 15) is 9.18 Å². The third kappa shape index (κ3) is 2.61. The Morgan fingerprint density at radius 1 is 1.07 bits per heavy atom. The highest BCUT2D eigenvalue weighted by atomic mass is 19.1. The number of pyridine rings is 1. The molecule has 0 N–H and O–H groups in total. The Bertz CT molecular complexity index is 1230. The van der Waals surface area contributed by atoms with Crippen LogP contribution < -0.4 is 5.56 Å². The summed E-state index contributed by atoms with van der Waals surface area (Å²) >= 11 is 0. The maximum atomic E-state index is 13.2. The number of fused-ring (bicyclic) bond motifs is 3. The van der Waals surface area contributed by atoms with Gasteiger partial charge in [-0.1, -0.05) is 31.9 Å². The molecule has 1 fully saturated rings. The van der Waals surface area contributed by atoms with Crippen LogP contribution in [-0.4, -0.2) is 24.4 Å². The summed E-state index contributed by atoms with van der Waals surface area (Å²) in [6, 6.07) is 8.26. The Kier molecular flexibility index (Phi) is 3.96. The fourth-order valence-corrected chi connectivity index (χ4v) is 4.31. The van der Waals surface area contributed by atoms with Crippen LogP contribution in [0.1, 0.15) is 38.6 Å². The number of halogens is 1. The minimum Gasteiger partial charge on any atom is -0.310 e. The van der Waals surface area contributed by atoms with Gasteiger partial charge < -0.3 is 4.57 Å². The number of nitrogens with zero attached hydrogens (tertiary/aromatic N) is 5. The monoisotopic (exact) mass is 377 g/mol. The molecule has 1 aliphatic rings. The molecule has 1 aromatic carbocycles. The minimum absolute atomic E-state index is 0.121. The third-order valence-corrected chi connectivity index (χ3v) is 5.87. The predicted molar refractivity (Wildman–Crippen MR) is 105 cm³/mol. The van der Waals surface area contributed by atoms with Gasteiger partial charge in [0.05, 0.1) is 6.20 Å². The van der Waals surface area contributed by atoms with Gasteiger partial charge in [0.1, 0.15) is 11.3 Å². The van der Waals surface area contributed by atoms with Gasteiger partial charge in [-0.25, -0.2) is 8.91 Å². The van der Waals surface area contributed by atoms with Crippen molar-refractivity contribution in [2.45, 2.75) is 38.6 Å². The first-order valence-corrected chi connectivity index (χ1v) is 9.64. The molecule has 4 aromatic rings. The van der Waals surface area contributed by atoms with Crippen molar-refractivity contribution >= 4 is 16.7 Å². The van der Waals surface area contributed by atoms with Gasteiger partial charge in [0.2, 0.25) is 0 Å². The highest BCUT2D eigenvalue weighted by Crippen LogP contribution is 2.33. The van der Waals surface area contributed by atoms with Crippen molar-refractivity contribution in [3.63, 3.8) is 0 Å². The van der Waals surface area contributed by atoms with E-state index in [1.54, 1.807) is 22.8 Å². The second-order valence-corrected chi connectivity index (χ2v) is 7.59. The van der Waals surface area contributed by atoms with Gasteiger partial charge in [0.25, 0.3) is 5.56 Å². The van der Waals surface area contributed by atoms with Gasteiger partial charge in [-0.3, -0.25) is 4.79 Å². The molecule has 1 aliphatic carbocycles. The van der Waals surface area contributed by atoms with Crippen LogP contribution >= 0.6 is 0 Å². The van der Waals surface area contributed by atoms with E-state index in [1.165, 1.54) is 18.6 Å². The largest absolute Gasteiger partial charge is 0.310 e. The van der Waals surface area contributed by atoms with E-state index in [1.807, 2.05) is 16.8 Å². The van der Waals surface area contributed by atoms with Gasteiger partial charge in [0.15, 0.2) is 11.2 Å². The van der Waals surface area contributed by atoms with Gasteiger partial charge in [0, 0.05) is 17.8 Å². The van der Waals surface area contributed by atoms with Crippen molar-refractivity contribution < 1.29 is 4.39 Å². The zero-order valence-electron chi connectivity index (χ0n) is 15.5. The van der Waals surface area contributed by atoms with Gasteiger partial charge in [-0.05, 0) is 42.5 Å². The average Bonchev–Trinajstić information content (AvgIpc) is 3.14. The summed E-state index contributed by atoms with van der Waals surface area (Å²) in [5.74, 6) is 0.171. The Hall–Kier alpha value is -3.09. The summed E-state index contributed by atoms with van der Waals surface area (Å²) in [6.45, 7) is 2.21. The highest BCUT2D eigenvalue weighted by molar-refractivity contribution is 5.82. The van der Waals surface area contributed by atoms with Crippen LogP contribution in [0.2, 0.25) is 0 Å². The molecule has 7 heteroatoms. The lowest BCUT2D eigenvalue weighted by Gasteiger charge is -2.30. The van der Waals surface area contributed by atoms with E-state index < -0.39 is 0 Å². The standard InChI is InChI=1S/C21H20FN5O/c1-13-4-2-3-5-17(13)26-11-10-18-19(21(26)28)24-25-20-16(12-23-27(18)20)14-6-8-15(22)9-7-14/h6-13,17H,2-5H2,1H3. The molecule has 3 aromatic heterocycles. The van der Waals surface area contributed by atoms with Crippen molar-refractivity contribution in [2.75, 3.05) is 0 Å². The van der Waals surface area contributed by atoms with Crippen LogP contribution in [-0.2, 0) is 0 Å². The van der Waals surface area contributed by atoms with Crippen molar-refractivity contribution in [2.24, 2.45) is 5.92 Å². The molecule has 5 rings (SSSR count). The molecule has 0 radical (unpaired) electrons. The van der Waals surface area contributed by atoms with Crippen LogP contribution in [0.3, 0.4) is 0 Å². The fraction of sp³-hybridized carbons (Fsp3) is 0.333. The summed E-state index contributed by atoms with van der Waals surface area (Å²) in [5.41, 5.74) is 2.92. The fourth-order valence-electron chi connectivity index (χ4n) is 4.31. The number of hydrogen-bond donors (Lipinski definition) is 0. The molecule has 6 nitrogen and oxygen atoms in total. The van der Waals surface area contributed by atoms with E-state index >= 15 is 0 Å². The van der Waals surface area contributed by atoms with E-state index in [4.69, 9.17) is 0 Å². The molecule has 0 saturated heterocycles. The Balaban J connectivity index is 1.66. The summed E-state index contributed by atoms with van der Waals surface area (Å²) < 4.78 is 16.7. The van der Waals surface area contributed by atoms with Crippen LogP contribution in [0.25, 0.3) is 27.8 Å². The van der Waals surface area contributed by atoms with Crippen molar-refractivity contribution in [1.82, 2.24) is 24.4 Å².